The number of allylic oxidation sites excluding steroid dienone is 1. The van der Waals surface area contributed by atoms with Gasteiger partial charge in [0.05, 0.1) is 16.5 Å². The molecule has 0 radical (unpaired) electrons. The molecule has 1 saturated carbocycles. The van der Waals surface area contributed by atoms with E-state index in [1.807, 2.05) is 19.1 Å². The van der Waals surface area contributed by atoms with Crippen molar-refractivity contribution in [2.45, 2.75) is 36.6 Å². The van der Waals surface area contributed by atoms with E-state index in [0.717, 1.165) is 22.4 Å². The molecule has 136 valence electrons. The van der Waals surface area contributed by atoms with Crippen molar-refractivity contribution in [3.05, 3.63) is 70.3 Å². The molecule has 7 nitrogen and oxygen atoms in total. The Bertz CT molecular complexity index is 978. The van der Waals surface area contributed by atoms with Crippen LogP contribution >= 0.6 is 0 Å². The summed E-state index contributed by atoms with van der Waals surface area (Å²) >= 11 is 0. The lowest BCUT2D eigenvalue weighted by Gasteiger charge is -2.39. The van der Waals surface area contributed by atoms with Gasteiger partial charge in [-0.2, -0.15) is 0 Å². The van der Waals surface area contributed by atoms with Crippen molar-refractivity contribution in [2.24, 2.45) is 11.8 Å². The first kappa shape index (κ1) is 17.0. The fraction of sp³-hybridized carbons (Fsp3) is 0.389. The minimum Gasteiger partial charge on any atom is -0.264 e. The van der Waals surface area contributed by atoms with Crippen LogP contribution in [0.2, 0.25) is 0 Å². The van der Waals surface area contributed by atoms with Crippen molar-refractivity contribution < 1.29 is 13.3 Å². The molecule has 1 aromatic carbocycles. The fourth-order valence-corrected chi connectivity index (χ4v) is 5.25. The molecule has 2 bridgehead atoms. The van der Waals surface area contributed by atoms with E-state index in [2.05, 4.69) is 4.98 Å². The molecule has 0 unspecified atom stereocenters. The van der Waals surface area contributed by atoms with Gasteiger partial charge in [-0.25, -0.2) is 17.4 Å². The third-order valence-electron chi connectivity index (χ3n) is 5.47. The third kappa shape index (κ3) is 2.65. The molecule has 1 fully saturated rings. The molecule has 3 aliphatic carbocycles. The maximum Gasteiger partial charge on any atom is 0.268 e. The first-order chi connectivity index (χ1) is 12.4. The summed E-state index contributed by atoms with van der Waals surface area (Å²) in [5.74, 6) is -0.470. The van der Waals surface area contributed by atoms with Gasteiger partial charge in [0.2, 0.25) is 6.04 Å². The summed E-state index contributed by atoms with van der Waals surface area (Å²) < 4.78 is 26.6. The normalized spacial score (nSPS) is 27.6. The van der Waals surface area contributed by atoms with E-state index >= 15 is 0 Å². The second kappa shape index (κ2) is 6.05. The molecule has 0 N–H and O–H groups in total. The Morgan fingerprint density at radius 3 is 2.42 bits per heavy atom. The van der Waals surface area contributed by atoms with E-state index < -0.39 is 16.1 Å². The number of aryl methyl sites for hydroxylation is 1. The molecule has 5 rings (SSSR count). The summed E-state index contributed by atoms with van der Waals surface area (Å²) in [6, 6.07) is 5.83. The SMILES string of the molecule is Cc1ccc(S(=O)(=O)n2cnc([C@@H]3[C@@H]([N+](=O)[O-])[C@H]4C=C[C@@H]3CC4)c2)cc1. The van der Waals surface area contributed by atoms with Crippen LogP contribution in [0.4, 0.5) is 0 Å². The lowest BCUT2D eigenvalue weighted by atomic mass is 9.65. The lowest BCUT2D eigenvalue weighted by Crippen LogP contribution is -2.44. The van der Waals surface area contributed by atoms with Crippen LogP contribution < -0.4 is 0 Å². The van der Waals surface area contributed by atoms with Gasteiger partial charge in [0, 0.05) is 17.0 Å². The van der Waals surface area contributed by atoms with Gasteiger partial charge in [-0.3, -0.25) is 10.1 Å². The Kier molecular flexibility index (Phi) is 3.95. The Balaban J connectivity index is 1.71. The fourth-order valence-electron chi connectivity index (χ4n) is 4.10. The van der Waals surface area contributed by atoms with Crippen LogP contribution in [0.25, 0.3) is 0 Å². The van der Waals surface area contributed by atoms with Gasteiger partial charge in [0.1, 0.15) is 6.33 Å². The Morgan fingerprint density at radius 1 is 1.15 bits per heavy atom. The number of hydrogen-bond acceptors (Lipinski definition) is 5. The zero-order chi connectivity index (χ0) is 18.5. The molecule has 8 heteroatoms. The van der Waals surface area contributed by atoms with E-state index in [1.54, 1.807) is 24.3 Å². The summed E-state index contributed by atoms with van der Waals surface area (Å²) in [4.78, 5) is 15.8. The van der Waals surface area contributed by atoms with E-state index in [1.165, 1.54) is 12.5 Å². The molecular formula is C18H19N3O4S. The lowest BCUT2D eigenvalue weighted by molar-refractivity contribution is -0.539. The Hall–Kier alpha value is -2.48. The maximum atomic E-state index is 12.8. The number of nitro groups is 1. The van der Waals surface area contributed by atoms with Crippen LogP contribution in [0.5, 0.6) is 0 Å². The minimum atomic E-state index is -3.76. The molecule has 26 heavy (non-hydrogen) atoms. The third-order valence-corrected chi connectivity index (χ3v) is 7.09. The van der Waals surface area contributed by atoms with Gasteiger partial charge in [-0.15, -0.1) is 0 Å². The first-order valence-electron chi connectivity index (χ1n) is 8.56. The highest BCUT2D eigenvalue weighted by atomic mass is 32.2. The molecular weight excluding hydrogens is 354 g/mol. The second-order valence-electron chi connectivity index (χ2n) is 7.04. The molecule has 2 aromatic rings. The highest BCUT2D eigenvalue weighted by Crippen LogP contribution is 2.46. The van der Waals surface area contributed by atoms with E-state index in [0.29, 0.717) is 5.69 Å². The summed E-state index contributed by atoms with van der Waals surface area (Å²) in [5, 5.41) is 11.6. The van der Waals surface area contributed by atoms with Gasteiger partial charge in [0.15, 0.2) is 0 Å². The van der Waals surface area contributed by atoms with Crippen molar-refractivity contribution in [3.8, 4) is 0 Å². The quantitative estimate of drug-likeness (QED) is 0.466. The van der Waals surface area contributed by atoms with Gasteiger partial charge < -0.3 is 0 Å². The smallest absolute Gasteiger partial charge is 0.264 e. The van der Waals surface area contributed by atoms with Gasteiger partial charge in [-0.1, -0.05) is 29.8 Å². The number of rotatable bonds is 4. The molecule has 4 atom stereocenters. The average Bonchev–Trinajstić information content (AvgIpc) is 3.13. The zero-order valence-corrected chi connectivity index (χ0v) is 15.0. The summed E-state index contributed by atoms with van der Waals surface area (Å²) in [6.45, 7) is 1.88. The van der Waals surface area contributed by atoms with Gasteiger partial charge in [-0.05, 0) is 37.8 Å². The van der Waals surface area contributed by atoms with E-state index in [9.17, 15) is 18.5 Å². The number of aromatic nitrogens is 2. The van der Waals surface area contributed by atoms with E-state index in [-0.39, 0.29) is 27.6 Å². The standard InChI is InChI=1S/C18H19N3O4S/c1-12-2-8-15(9-3-12)26(24,25)20-10-16(19-11-20)17-13-4-6-14(7-5-13)18(17)21(22)23/h2-4,6,8-11,13-14,17-18H,5,7H2,1H3/t13-,14+,17-,18+/m1/s1. The van der Waals surface area contributed by atoms with Crippen molar-refractivity contribution in [1.29, 1.82) is 0 Å². The van der Waals surface area contributed by atoms with Crippen LogP contribution in [-0.4, -0.2) is 28.3 Å². The summed E-state index contributed by atoms with van der Waals surface area (Å²) in [7, 11) is -3.76. The second-order valence-corrected chi connectivity index (χ2v) is 8.88. The minimum absolute atomic E-state index is 0.0285. The Morgan fingerprint density at radius 2 is 1.81 bits per heavy atom. The van der Waals surface area contributed by atoms with Crippen LogP contribution in [0.15, 0.2) is 53.8 Å². The molecule has 0 amide bonds. The monoisotopic (exact) mass is 373 g/mol. The van der Waals surface area contributed by atoms with Gasteiger partial charge >= 0.3 is 0 Å². The van der Waals surface area contributed by atoms with Crippen LogP contribution in [0.3, 0.4) is 0 Å². The summed E-state index contributed by atoms with van der Waals surface area (Å²) in [5.41, 5.74) is 1.44. The van der Waals surface area contributed by atoms with Crippen LogP contribution in [0.1, 0.15) is 30.0 Å². The molecule has 3 aliphatic rings. The molecule has 0 saturated heterocycles. The summed E-state index contributed by atoms with van der Waals surface area (Å²) in [6.07, 6.45) is 8.29. The number of benzene rings is 1. The van der Waals surface area contributed by atoms with Crippen molar-refractivity contribution in [1.82, 2.24) is 8.96 Å². The zero-order valence-electron chi connectivity index (χ0n) is 14.2. The van der Waals surface area contributed by atoms with Crippen molar-refractivity contribution >= 4 is 10.0 Å². The Labute approximate surface area is 151 Å². The number of fused-ring (bicyclic) bond motifs is 2. The highest BCUT2D eigenvalue weighted by Gasteiger charge is 2.49. The highest BCUT2D eigenvalue weighted by molar-refractivity contribution is 7.90. The molecule has 0 spiro atoms. The largest absolute Gasteiger partial charge is 0.268 e. The van der Waals surface area contributed by atoms with Crippen molar-refractivity contribution in [3.63, 3.8) is 0 Å². The predicted molar refractivity (Wildman–Crippen MR) is 94.9 cm³/mol. The van der Waals surface area contributed by atoms with Crippen molar-refractivity contribution in [2.75, 3.05) is 0 Å². The number of hydrogen-bond donors (Lipinski definition) is 0. The molecule has 1 heterocycles. The van der Waals surface area contributed by atoms with Crippen LogP contribution in [0, 0.1) is 28.9 Å². The molecule has 0 aliphatic heterocycles. The average molecular weight is 373 g/mol. The van der Waals surface area contributed by atoms with E-state index in [4.69, 9.17) is 0 Å². The predicted octanol–water partition coefficient (Wildman–Crippen LogP) is 2.75. The number of nitrogens with zero attached hydrogens (tertiary/aromatic N) is 3. The number of imidazole rings is 1. The maximum absolute atomic E-state index is 12.8. The van der Waals surface area contributed by atoms with Crippen LogP contribution in [-0.2, 0) is 10.0 Å². The first-order valence-corrected chi connectivity index (χ1v) is 10.00. The van der Waals surface area contributed by atoms with Gasteiger partial charge in [0.25, 0.3) is 10.0 Å². The molecule has 1 aromatic heterocycles. The topological polar surface area (TPSA) is 95.1 Å².